The van der Waals surface area contributed by atoms with E-state index in [1.54, 1.807) is 24.5 Å². The summed E-state index contributed by atoms with van der Waals surface area (Å²) < 4.78 is 6.58. The standard InChI is InChI=1S/C12H11N3O2S/c1-13-11-14-8(6-18-11)7-3-4-10-9(5-7)15(2)12(16)17-10/h3-6H,1-2H3,(H,13,14). The van der Waals surface area contributed by atoms with Crippen LogP contribution >= 0.6 is 11.3 Å². The Kier molecular flexibility index (Phi) is 2.45. The van der Waals surface area contributed by atoms with E-state index >= 15 is 0 Å². The molecule has 1 N–H and O–H groups in total. The van der Waals surface area contributed by atoms with Crippen LogP contribution in [0.2, 0.25) is 0 Å². The van der Waals surface area contributed by atoms with Crippen LogP contribution in [0.5, 0.6) is 0 Å². The first-order chi connectivity index (χ1) is 8.69. The van der Waals surface area contributed by atoms with E-state index in [1.807, 2.05) is 24.6 Å². The molecule has 0 saturated heterocycles. The summed E-state index contributed by atoms with van der Waals surface area (Å²) in [6, 6.07) is 5.61. The third kappa shape index (κ3) is 1.62. The van der Waals surface area contributed by atoms with Crippen molar-refractivity contribution in [2.75, 3.05) is 12.4 Å². The molecule has 0 atom stereocenters. The molecule has 1 aromatic carbocycles. The van der Waals surface area contributed by atoms with E-state index in [0.717, 1.165) is 21.9 Å². The Bertz CT molecular complexity index is 769. The van der Waals surface area contributed by atoms with Crippen LogP contribution in [0.4, 0.5) is 5.13 Å². The summed E-state index contributed by atoms with van der Waals surface area (Å²) in [5.41, 5.74) is 3.23. The first-order valence-electron chi connectivity index (χ1n) is 5.42. The fourth-order valence-corrected chi connectivity index (χ4v) is 2.49. The predicted molar refractivity (Wildman–Crippen MR) is 72.1 cm³/mol. The van der Waals surface area contributed by atoms with Crippen LogP contribution in [0, 0.1) is 0 Å². The summed E-state index contributed by atoms with van der Waals surface area (Å²) in [5.74, 6) is -0.351. The third-order valence-corrected chi connectivity index (χ3v) is 3.67. The van der Waals surface area contributed by atoms with E-state index in [9.17, 15) is 4.79 Å². The maximum atomic E-state index is 11.4. The molecule has 92 valence electrons. The number of hydrogen-bond acceptors (Lipinski definition) is 5. The molecule has 0 saturated carbocycles. The van der Waals surface area contributed by atoms with Gasteiger partial charge in [-0.25, -0.2) is 9.78 Å². The third-order valence-electron chi connectivity index (χ3n) is 2.81. The molecule has 2 aromatic heterocycles. The van der Waals surface area contributed by atoms with E-state index in [1.165, 1.54) is 4.57 Å². The van der Waals surface area contributed by atoms with Crippen molar-refractivity contribution >= 4 is 27.6 Å². The molecule has 18 heavy (non-hydrogen) atoms. The second-order valence-electron chi connectivity index (χ2n) is 3.90. The van der Waals surface area contributed by atoms with Crippen LogP contribution < -0.4 is 11.1 Å². The molecule has 0 spiro atoms. The highest BCUT2D eigenvalue weighted by Crippen LogP contribution is 2.27. The second kappa shape index (κ2) is 3.99. The Labute approximate surface area is 107 Å². The molecule has 0 unspecified atom stereocenters. The smallest absolute Gasteiger partial charge is 0.408 e. The monoisotopic (exact) mass is 261 g/mol. The number of anilines is 1. The fourth-order valence-electron chi connectivity index (χ4n) is 1.81. The van der Waals surface area contributed by atoms with Gasteiger partial charge >= 0.3 is 5.76 Å². The number of thiazole rings is 1. The van der Waals surface area contributed by atoms with Crippen molar-refractivity contribution in [1.82, 2.24) is 9.55 Å². The first-order valence-corrected chi connectivity index (χ1v) is 6.30. The minimum Gasteiger partial charge on any atom is -0.408 e. The summed E-state index contributed by atoms with van der Waals surface area (Å²) in [7, 11) is 3.53. The lowest BCUT2D eigenvalue weighted by Crippen LogP contribution is -2.08. The fraction of sp³-hybridized carbons (Fsp3) is 0.167. The van der Waals surface area contributed by atoms with Crippen molar-refractivity contribution in [3.8, 4) is 11.3 Å². The number of nitrogens with one attached hydrogen (secondary N) is 1. The molecule has 0 amide bonds. The van der Waals surface area contributed by atoms with Crippen LogP contribution in [-0.2, 0) is 7.05 Å². The molecular formula is C12H11N3O2S. The van der Waals surface area contributed by atoms with Gasteiger partial charge < -0.3 is 9.73 Å². The van der Waals surface area contributed by atoms with Crippen molar-refractivity contribution < 1.29 is 4.42 Å². The summed E-state index contributed by atoms with van der Waals surface area (Å²) in [5, 5.41) is 5.85. The molecule has 6 heteroatoms. The highest BCUT2D eigenvalue weighted by atomic mass is 32.1. The van der Waals surface area contributed by atoms with Gasteiger partial charge in [0.15, 0.2) is 10.7 Å². The van der Waals surface area contributed by atoms with E-state index in [0.29, 0.717) is 5.58 Å². The van der Waals surface area contributed by atoms with Crippen LogP contribution in [0.3, 0.4) is 0 Å². The molecule has 0 aliphatic carbocycles. The van der Waals surface area contributed by atoms with Gasteiger partial charge in [0, 0.05) is 25.0 Å². The second-order valence-corrected chi connectivity index (χ2v) is 4.76. The molecular weight excluding hydrogens is 250 g/mol. The largest absolute Gasteiger partial charge is 0.419 e. The number of aryl methyl sites for hydroxylation is 1. The average molecular weight is 261 g/mol. The SMILES string of the molecule is CNc1nc(-c2ccc3oc(=O)n(C)c3c2)cs1. The number of nitrogens with zero attached hydrogens (tertiary/aromatic N) is 2. The van der Waals surface area contributed by atoms with Crippen LogP contribution in [0.1, 0.15) is 0 Å². The Morgan fingerprint density at radius 2 is 2.28 bits per heavy atom. The Morgan fingerprint density at radius 1 is 1.44 bits per heavy atom. The number of aromatic nitrogens is 2. The number of rotatable bonds is 2. The summed E-state index contributed by atoms with van der Waals surface area (Å²) in [6.07, 6.45) is 0. The van der Waals surface area contributed by atoms with E-state index in [4.69, 9.17) is 4.42 Å². The molecule has 0 radical (unpaired) electrons. The minimum atomic E-state index is -0.351. The Hall–Kier alpha value is -2.08. The van der Waals surface area contributed by atoms with Gasteiger partial charge in [-0.2, -0.15) is 0 Å². The first kappa shape index (κ1) is 11.0. The molecule has 0 fully saturated rings. The zero-order valence-electron chi connectivity index (χ0n) is 9.93. The zero-order valence-corrected chi connectivity index (χ0v) is 10.7. The Morgan fingerprint density at radius 3 is 3.00 bits per heavy atom. The molecule has 5 nitrogen and oxygen atoms in total. The average Bonchev–Trinajstić information content (AvgIpc) is 2.96. The van der Waals surface area contributed by atoms with Crippen LogP contribution in [-0.4, -0.2) is 16.6 Å². The number of fused-ring (bicyclic) bond motifs is 1. The van der Waals surface area contributed by atoms with Crippen molar-refractivity contribution in [3.05, 3.63) is 34.1 Å². The minimum absolute atomic E-state index is 0.351. The number of oxazole rings is 1. The number of hydrogen-bond donors (Lipinski definition) is 1. The van der Waals surface area contributed by atoms with Gasteiger partial charge in [0.25, 0.3) is 0 Å². The van der Waals surface area contributed by atoms with E-state index in [2.05, 4.69) is 10.3 Å². The molecule has 3 aromatic rings. The lowest BCUT2D eigenvalue weighted by Gasteiger charge is -1.97. The molecule has 3 rings (SSSR count). The van der Waals surface area contributed by atoms with Crippen molar-refractivity contribution in [2.45, 2.75) is 0 Å². The highest BCUT2D eigenvalue weighted by Gasteiger charge is 2.09. The van der Waals surface area contributed by atoms with Gasteiger partial charge in [0.05, 0.1) is 11.2 Å². The van der Waals surface area contributed by atoms with Crippen molar-refractivity contribution in [2.24, 2.45) is 7.05 Å². The van der Waals surface area contributed by atoms with Gasteiger partial charge in [-0.15, -0.1) is 11.3 Å². The number of benzene rings is 1. The Balaban J connectivity index is 2.18. The van der Waals surface area contributed by atoms with Crippen LogP contribution in [0.15, 0.2) is 32.8 Å². The summed E-state index contributed by atoms with van der Waals surface area (Å²) >= 11 is 1.54. The summed E-state index contributed by atoms with van der Waals surface area (Å²) in [6.45, 7) is 0. The maximum absolute atomic E-state index is 11.4. The van der Waals surface area contributed by atoms with Gasteiger partial charge in [-0.3, -0.25) is 4.57 Å². The van der Waals surface area contributed by atoms with Crippen molar-refractivity contribution in [1.29, 1.82) is 0 Å². The molecule has 0 aliphatic rings. The summed E-state index contributed by atoms with van der Waals surface area (Å²) in [4.78, 5) is 15.8. The molecule has 0 bridgehead atoms. The molecule has 0 aliphatic heterocycles. The van der Waals surface area contributed by atoms with E-state index in [-0.39, 0.29) is 5.76 Å². The molecule has 2 heterocycles. The van der Waals surface area contributed by atoms with Gasteiger partial charge in [-0.1, -0.05) is 0 Å². The zero-order chi connectivity index (χ0) is 12.7. The van der Waals surface area contributed by atoms with Crippen LogP contribution in [0.25, 0.3) is 22.4 Å². The van der Waals surface area contributed by atoms with Gasteiger partial charge in [0.1, 0.15) is 0 Å². The van der Waals surface area contributed by atoms with Crippen molar-refractivity contribution in [3.63, 3.8) is 0 Å². The lowest BCUT2D eigenvalue weighted by molar-refractivity contribution is 0.528. The lowest BCUT2D eigenvalue weighted by atomic mass is 10.1. The topological polar surface area (TPSA) is 60.1 Å². The van der Waals surface area contributed by atoms with Gasteiger partial charge in [0.2, 0.25) is 0 Å². The van der Waals surface area contributed by atoms with E-state index < -0.39 is 0 Å². The normalized spacial score (nSPS) is 11.0. The quantitative estimate of drug-likeness (QED) is 0.769. The maximum Gasteiger partial charge on any atom is 0.419 e. The highest BCUT2D eigenvalue weighted by molar-refractivity contribution is 7.14. The predicted octanol–water partition coefficient (Wildman–Crippen LogP) is 2.30. The van der Waals surface area contributed by atoms with Gasteiger partial charge in [-0.05, 0) is 18.2 Å².